The minimum Gasteiger partial charge on any atom is -0.493 e. The van der Waals surface area contributed by atoms with Gasteiger partial charge in [0.1, 0.15) is 5.52 Å². The van der Waals surface area contributed by atoms with E-state index in [4.69, 9.17) is 5.11 Å². The van der Waals surface area contributed by atoms with E-state index in [0.717, 1.165) is 24.8 Å². The first-order valence-electron chi connectivity index (χ1n) is 6.65. The van der Waals surface area contributed by atoms with E-state index in [1.807, 2.05) is 4.57 Å². The Kier molecular flexibility index (Phi) is 3.17. The van der Waals surface area contributed by atoms with E-state index < -0.39 is 6.09 Å². The molecule has 1 atom stereocenters. The number of likely N-dealkylation sites (tertiary alicyclic amines) is 1. The lowest BCUT2D eigenvalue weighted by Crippen LogP contribution is -2.30. The van der Waals surface area contributed by atoms with Gasteiger partial charge in [0.05, 0.1) is 6.33 Å². The number of aromatic hydroxyl groups is 1. The van der Waals surface area contributed by atoms with Gasteiger partial charge in [0.25, 0.3) is 0 Å². The largest absolute Gasteiger partial charge is 0.493 e. The number of carbonyl (C=O) groups is 1. The molecule has 1 fully saturated rings. The first kappa shape index (κ1) is 12.7. The van der Waals surface area contributed by atoms with E-state index >= 15 is 0 Å². The number of fused-ring (bicyclic) bond motifs is 1. The Morgan fingerprint density at radius 3 is 2.95 bits per heavy atom. The average Bonchev–Trinajstić information content (AvgIpc) is 2.67. The number of nitrogens with zero attached hydrogens (tertiary/aromatic N) is 4. The molecule has 1 unspecified atom stereocenters. The molecule has 2 aromatic heterocycles. The van der Waals surface area contributed by atoms with E-state index in [-0.39, 0.29) is 11.9 Å². The van der Waals surface area contributed by atoms with Crippen molar-refractivity contribution in [1.82, 2.24) is 19.4 Å². The summed E-state index contributed by atoms with van der Waals surface area (Å²) in [6.45, 7) is 1.08. The smallest absolute Gasteiger partial charge is 0.407 e. The van der Waals surface area contributed by atoms with Gasteiger partial charge in [-0.1, -0.05) is 0 Å². The highest BCUT2D eigenvalue weighted by atomic mass is 16.4. The van der Waals surface area contributed by atoms with Crippen LogP contribution in [-0.2, 0) is 0 Å². The van der Waals surface area contributed by atoms with E-state index in [2.05, 4.69) is 9.97 Å². The molecule has 2 N–H and O–H groups in total. The number of hydrogen-bond donors (Lipinski definition) is 2. The maximum absolute atomic E-state index is 11.0. The van der Waals surface area contributed by atoms with Gasteiger partial charge in [0.15, 0.2) is 5.65 Å². The fourth-order valence-electron chi connectivity index (χ4n) is 2.72. The standard InChI is InChI=1S/C13H16N4O3/c18-11-4-3-10-12(15-11)17(8-14-10)9-2-1-6-16(7-5-9)13(19)20/h3-4,8-9H,1-2,5-7H2,(H,15,18)(H,19,20). The second-order valence-electron chi connectivity index (χ2n) is 5.02. The molecule has 1 aliphatic heterocycles. The normalized spacial score (nSPS) is 20.0. The maximum Gasteiger partial charge on any atom is 0.407 e. The Balaban J connectivity index is 1.87. The van der Waals surface area contributed by atoms with Crippen molar-refractivity contribution in [1.29, 1.82) is 0 Å². The third kappa shape index (κ3) is 2.26. The molecule has 1 saturated heterocycles. The molecule has 20 heavy (non-hydrogen) atoms. The van der Waals surface area contributed by atoms with Crippen molar-refractivity contribution >= 4 is 17.3 Å². The van der Waals surface area contributed by atoms with Crippen LogP contribution in [0, 0.1) is 0 Å². The number of aromatic nitrogens is 3. The van der Waals surface area contributed by atoms with Crippen LogP contribution in [-0.4, -0.2) is 48.8 Å². The Labute approximate surface area is 115 Å². The van der Waals surface area contributed by atoms with Crippen molar-refractivity contribution < 1.29 is 15.0 Å². The van der Waals surface area contributed by atoms with Crippen molar-refractivity contribution in [2.45, 2.75) is 25.3 Å². The molecule has 1 aliphatic rings. The Morgan fingerprint density at radius 1 is 1.30 bits per heavy atom. The predicted octanol–water partition coefficient (Wildman–Crippen LogP) is 1.84. The van der Waals surface area contributed by atoms with Crippen LogP contribution in [0.4, 0.5) is 4.79 Å². The van der Waals surface area contributed by atoms with Crippen molar-refractivity contribution in [3.05, 3.63) is 18.5 Å². The lowest BCUT2D eigenvalue weighted by molar-refractivity contribution is 0.146. The molecule has 0 spiro atoms. The summed E-state index contributed by atoms with van der Waals surface area (Å²) < 4.78 is 1.94. The summed E-state index contributed by atoms with van der Waals surface area (Å²) in [4.78, 5) is 20.9. The molecule has 7 nitrogen and oxygen atoms in total. The Bertz CT molecular complexity index is 640. The fraction of sp³-hybridized carbons (Fsp3) is 0.462. The second-order valence-corrected chi connectivity index (χ2v) is 5.02. The molecule has 0 aliphatic carbocycles. The minimum atomic E-state index is -0.864. The molecule has 2 aromatic rings. The van der Waals surface area contributed by atoms with E-state index in [1.54, 1.807) is 12.4 Å². The summed E-state index contributed by atoms with van der Waals surface area (Å²) in [5.74, 6) is -0.0277. The molecule has 7 heteroatoms. The number of pyridine rings is 1. The van der Waals surface area contributed by atoms with Crippen LogP contribution in [0.3, 0.4) is 0 Å². The van der Waals surface area contributed by atoms with Gasteiger partial charge in [-0.3, -0.25) is 0 Å². The monoisotopic (exact) mass is 276 g/mol. The minimum absolute atomic E-state index is 0.0277. The summed E-state index contributed by atoms with van der Waals surface area (Å²) >= 11 is 0. The van der Waals surface area contributed by atoms with Gasteiger partial charge < -0.3 is 19.7 Å². The van der Waals surface area contributed by atoms with Gasteiger partial charge in [-0.15, -0.1) is 0 Å². The molecule has 3 rings (SSSR count). The van der Waals surface area contributed by atoms with Crippen LogP contribution >= 0.6 is 0 Å². The molecule has 1 amide bonds. The first-order valence-corrected chi connectivity index (χ1v) is 6.65. The quantitative estimate of drug-likeness (QED) is 0.829. The highest BCUT2D eigenvalue weighted by molar-refractivity contribution is 5.71. The molecule has 0 bridgehead atoms. The van der Waals surface area contributed by atoms with Gasteiger partial charge in [0, 0.05) is 25.2 Å². The van der Waals surface area contributed by atoms with E-state index in [9.17, 15) is 9.90 Å². The molecular weight excluding hydrogens is 260 g/mol. The Morgan fingerprint density at radius 2 is 2.15 bits per heavy atom. The van der Waals surface area contributed by atoms with E-state index in [1.165, 1.54) is 11.0 Å². The van der Waals surface area contributed by atoms with Crippen molar-refractivity contribution in [2.75, 3.05) is 13.1 Å². The van der Waals surface area contributed by atoms with Crippen molar-refractivity contribution in [3.63, 3.8) is 0 Å². The number of amides is 1. The number of hydrogen-bond acceptors (Lipinski definition) is 4. The van der Waals surface area contributed by atoms with Crippen LogP contribution in [0.25, 0.3) is 11.2 Å². The zero-order valence-corrected chi connectivity index (χ0v) is 10.9. The molecule has 3 heterocycles. The number of imidazole rings is 1. The fourth-order valence-corrected chi connectivity index (χ4v) is 2.72. The van der Waals surface area contributed by atoms with Gasteiger partial charge >= 0.3 is 6.09 Å². The van der Waals surface area contributed by atoms with Crippen molar-refractivity contribution in [2.24, 2.45) is 0 Å². The van der Waals surface area contributed by atoms with E-state index in [0.29, 0.717) is 18.7 Å². The number of carboxylic acid groups (broad SMARTS) is 1. The van der Waals surface area contributed by atoms with Gasteiger partial charge in [-0.2, -0.15) is 4.98 Å². The average molecular weight is 276 g/mol. The SMILES string of the molecule is O=C(O)N1CCCC(n2cnc3ccc(O)nc32)CC1. The maximum atomic E-state index is 11.0. The Hall–Kier alpha value is -2.31. The first-order chi connectivity index (χ1) is 9.65. The van der Waals surface area contributed by atoms with Crippen molar-refractivity contribution in [3.8, 4) is 5.88 Å². The number of rotatable bonds is 1. The third-order valence-electron chi connectivity index (χ3n) is 3.77. The zero-order valence-electron chi connectivity index (χ0n) is 10.9. The van der Waals surface area contributed by atoms with Crippen LogP contribution in [0.15, 0.2) is 18.5 Å². The summed E-state index contributed by atoms with van der Waals surface area (Å²) in [7, 11) is 0. The lowest BCUT2D eigenvalue weighted by Gasteiger charge is -2.17. The second kappa shape index (κ2) is 4.99. The predicted molar refractivity (Wildman–Crippen MR) is 71.7 cm³/mol. The summed E-state index contributed by atoms with van der Waals surface area (Å²) in [6.07, 6.45) is 3.28. The molecule has 0 aromatic carbocycles. The lowest BCUT2D eigenvalue weighted by atomic mass is 10.1. The molecule has 0 saturated carbocycles. The molecule has 0 radical (unpaired) electrons. The topological polar surface area (TPSA) is 91.5 Å². The third-order valence-corrected chi connectivity index (χ3v) is 3.77. The summed E-state index contributed by atoms with van der Waals surface area (Å²) in [6, 6.07) is 3.41. The highest BCUT2D eigenvalue weighted by Gasteiger charge is 2.22. The van der Waals surface area contributed by atoms with Crippen LogP contribution in [0.2, 0.25) is 0 Å². The summed E-state index contributed by atoms with van der Waals surface area (Å²) in [5.41, 5.74) is 1.39. The summed E-state index contributed by atoms with van der Waals surface area (Å²) in [5, 5.41) is 18.6. The molecule has 106 valence electrons. The zero-order chi connectivity index (χ0) is 14.1. The van der Waals surface area contributed by atoms with Gasteiger partial charge in [-0.05, 0) is 25.3 Å². The van der Waals surface area contributed by atoms with Crippen LogP contribution < -0.4 is 0 Å². The van der Waals surface area contributed by atoms with Gasteiger partial charge in [-0.25, -0.2) is 9.78 Å². The highest BCUT2D eigenvalue weighted by Crippen LogP contribution is 2.26. The van der Waals surface area contributed by atoms with Crippen LogP contribution in [0.5, 0.6) is 5.88 Å². The van der Waals surface area contributed by atoms with Crippen LogP contribution in [0.1, 0.15) is 25.3 Å². The van der Waals surface area contributed by atoms with Gasteiger partial charge in [0.2, 0.25) is 5.88 Å². The molecular formula is C13H16N4O3.